The van der Waals surface area contributed by atoms with E-state index in [-0.39, 0.29) is 0 Å². The Bertz CT molecular complexity index is 2320. The van der Waals surface area contributed by atoms with Crippen molar-refractivity contribution in [2.24, 2.45) is 0 Å². The minimum Gasteiger partial charge on any atom is -0.454 e. The van der Waals surface area contributed by atoms with Gasteiger partial charge in [0, 0.05) is 44.4 Å². The van der Waals surface area contributed by atoms with Gasteiger partial charge in [0.2, 0.25) is 0 Å². The lowest BCUT2D eigenvalue weighted by Gasteiger charge is -2.13. The van der Waals surface area contributed by atoms with E-state index in [1.165, 1.54) is 49.3 Å². The largest absolute Gasteiger partial charge is 0.454 e. The Hall–Kier alpha value is -5.02. The van der Waals surface area contributed by atoms with Crippen LogP contribution < -0.4 is 0 Å². The van der Waals surface area contributed by atoms with Crippen molar-refractivity contribution < 1.29 is 4.42 Å². The Morgan fingerprint density at radius 1 is 0.526 bits per heavy atom. The Balaban J connectivity index is 1.55. The first-order valence-electron chi connectivity index (χ1n) is 13.1. The molecule has 5 aromatic carbocycles. The predicted octanol–water partition coefficient (Wildman–Crippen LogP) is 9.59. The van der Waals surface area contributed by atoms with Gasteiger partial charge in [-0.3, -0.25) is 0 Å². The fourth-order valence-corrected chi connectivity index (χ4v) is 6.56. The van der Waals surface area contributed by atoms with Crippen molar-refractivity contribution in [2.45, 2.75) is 6.42 Å². The van der Waals surface area contributed by atoms with Crippen molar-refractivity contribution in [1.29, 1.82) is 0 Å². The van der Waals surface area contributed by atoms with Crippen LogP contribution in [0.5, 0.6) is 0 Å². The number of rotatable bonds is 2. The van der Waals surface area contributed by atoms with Crippen LogP contribution in [0.2, 0.25) is 0 Å². The van der Waals surface area contributed by atoms with Gasteiger partial charge in [0.25, 0.3) is 0 Å². The topological polar surface area (TPSA) is 23.0 Å². The van der Waals surface area contributed by atoms with Crippen molar-refractivity contribution in [3.8, 4) is 5.69 Å². The molecular formula is C35H22N2O. The summed E-state index contributed by atoms with van der Waals surface area (Å²) in [5.41, 5.74) is 9.05. The van der Waals surface area contributed by atoms with E-state index in [0.717, 1.165) is 34.0 Å². The Morgan fingerprint density at radius 2 is 1.16 bits per heavy atom. The van der Waals surface area contributed by atoms with E-state index in [0.29, 0.717) is 0 Å². The van der Waals surface area contributed by atoms with Crippen LogP contribution in [0.1, 0.15) is 6.42 Å². The minimum absolute atomic E-state index is 0.914. The molecule has 3 aromatic heterocycles. The lowest BCUT2D eigenvalue weighted by Crippen LogP contribution is -1.99. The van der Waals surface area contributed by atoms with Crippen molar-refractivity contribution in [3.63, 3.8) is 0 Å². The molecule has 8 aromatic rings. The standard InChI is InChI=1S/C35H22N2O/c1-2-11-22(10-1)36-29-16-6-3-12-23(29)26-20-21-27-24-13-4-7-17-30(24)37(34(27)33(26)36)31-18-9-15-28-25-14-5-8-19-32(25)38-35(28)31/h1-10,12-21H,11H2. The van der Waals surface area contributed by atoms with E-state index >= 15 is 0 Å². The molecule has 1 aliphatic rings. The highest BCUT2D eigenvalue weighted by molar-refractivity contribution is 6.24. The monoisotopic (exact) mass is 486 g/mol. The number of para-hydroxylation sites is 4. The molecule has 0 radical (unpaired) electrons. The molecule has 0 bridgehead atoms. The molecule has 0 atom stereocenters. The second-order valence-electron chi connectivity index (χ2n) is 10.1. The molecule has 0 unspecified atom stereocenters. The molecule has 0 fully saturated rings. The van der Waals surface area contributed by atoms with Crippen molar-refractivity contribution >= 4 is 71.2 Å². The van der Waals surface area contributed by atoms with Crippen LogP contribution in [0.25, 0.3) is 76.9 Å². The summed E-state index contributed by atoms with van der Waals surface area (Å²) in [5.74, 6) is 0. The van der Waals surface area contributed by atoms with Gasteiger partial charge < -0.3 is 13.6 Å². The quantitative estimate of drug-likeness (QED) is 0.238. The maximum atomic E-state index is 6.56. The molecule has 0 amide bonds. The van der Waals surface area contributed by atoms with E-state index in [4.69, 9.17) is 4.42 Å². The highest BCUT2D eigenvalue weighted by Gasteiger charge is 2.23. The fourth-order valence-electron chi connectivity index (χ4n) is 6.56. The molecule has 0 saturated carbocycles. The van der Waals surface area contributed by atoms with Gasteiger partial charge in [0.05, 0.1) is 27.8 Å². The number of nitrogens with zero attached hydrogens (tertiary/aromatic N) is 2. The van der Waals surface area contributed by atoms with Crippen LogP contribution in [0, 0.1) is 0 Å². The minimum atomic E-state index is 0.914. The number of allylic oxidation sites excluding steroid dienone is 4. The van der Waals surface area contributed by atoms with Crippen LogP contribution in [0.3, 0.4) is 0 Å². The van der Waals surface area contributed by atoms with Crippen molar-refractivity contribution in [2.75, 3.05) is 0 Å². The van der Waals surface area contributed by atoms with E-state index in [2.05, 4.69) is 124 Å². The smallest absolute Gasteiger partial charge is 0.159 e. The fraction of sp³-hybridized carbons (Fsp3) is 0.0286. The maximum absolute atomic E-state index is 6.56. The second-order valence-corrected chi connectivity index (χ2v) is 10.1. The average molecular weight is 487 g/mol. The Morgan fingerprint density at radius 3 is 1.89 bits per heavy atom. The van der Waals surface area contributed by atoms with Gasteiger partial charge in [-0.15, -0.1) is 0 Å². The summed E-state index contributed by atoms with van der Waals surface area (Å²) in [4.78, 5) is 0. The first-order chi connectivity index (χ1) is 18.9. The van der Waals surface area contributed by atoms with Crippen molar-refractivity contribution in [1.82, 2.24) is 9.13 Å². The normalized spacial score (nSPS) is 13.7. The summed E-state index contributed by atoms with van der Waals surface area (Å²) >= 11 is 0. The average Bonchev–Trinajstić information content (AvgIpc) is 3.74. The molecular weight excluding hydrogens is 464 g/mol. The highest BCUT2D eigenvalue weighted by Crippen LogP contribution is 2.43. The molecule has 3 heteroatoms. The molecule has 1 aliphatic carbocycles. The van der Waals surface area contributed by atoms with Crippen LogP contribution >= 0.6 is 0 Å². The number of hydrogen-bond donors (Lipinski definition) is 0. The number of furan rings is 1. The number of hydrogen-bond acceptors (Lipinski definition) is 1. The van der Waals surface area contributed by atoms with E-state index in [1.807, 2.05) is 6.07 Å². The predicted molar refractivity (Wildman–Crippen MR) is 159 cm³/mol. The van der Waals surface area contributed by atoms with Crippen molar-refractivity contribution in [3.05, 3.63) is 121 Å². The highest BCUT2D eigenvalue weighted by atomic mass is 16.3. The van der Waals surface area contributed by atoms with Gasteiger partial charge in [-0.05, 0) is 30.3 Å². The van der Waals surface area contributed by atoms with Gasteiger partial charge in [0.15, 0.2) is 5.58 Å². The second kappa shape index (κ2) is 7.27. The molecule has 9 rings (SSSR count). The molecule has 3 nitrogen and oxygen atoms in total. The molecule has 0 aliphatic heterocycles. The van der Waals surface area contributed by atoms with Gasteiger partial charge >= 0.3 is 0 Å². The maximum Gasteiger partial charge on any atom is 0.159 e. The van der Waals surface area contributed by atoms with Crippen LogP contribution in [0.15, 0.2) is 126 Å². The van der Waals surface area contributed by atoms with Gasteiger partial charge in [-0.25, -0.2) is 0 Å². The number of aromatic nitrogens is 2. The molecule has 0 spiro atoms. The lowest BCUT2D eigenvalue weighted by molar-refractivity contribution is 0.666. The molecule has 38 heavy (non-hydrogen) atoms. The third-order valence-corrected chi connectivity index (χ3v) is 8.13. The lowest BCUT2D eigenvalue weighted by atomic mass is 10.1. The third kappa shape index (κ3) is 2.48. The Kier molecular flexibility index (Phi) is 3.84. The van der Waals surface area contributed by atoms with E-state index < -0.39 is 0 Å². The van der Waals surface area contributed by atoms with Gasteiger partial charge in [-0.1, -0.05) is 91.0 Å². The zero-order valence-corrected chi connectivity index (χ0v) is 20.6. The molecule has 3 heterocycles. The summed E-state index contributed by atoms with van der Waals surface area (Å²) < 4.78 is 11.5. The summed E-state index contributed by atoms with van der Waals surface area (Å²) in [7, 11) is 0. The molecule has 178 valence electrons. The van der Waals surface area contributed by atoms with Crippen LogP contribution in [-0.2, 0) is 0 Å². The summed E-state index contributed by atoms with van der Waals surface area (Å²) in [6.07, 6.45) is 7.57. The van der Waals surface area contributed by atoms with Gasteiger partial charge in [-0.2, -0.15) is 0 Å². The van der Waals surface area contributed by atoms with E-state index in [1.54, 1.807) is 0 Å². The molecule has 0 N–H and O–H groups in total. The molecule has 0 saturated heterocycles. The number of benzene rings is 5. The third-order valence-electron chi connectivity index (χ3n) is 8.13. The number of fused-ring (bicyclic) bond motifs is 10. The zero-order chi connectivity index (χ0) is 24.8. The zero-order valence-electron chi connectivity index (χ0n) is 20.6. The first-order valence-corrected chi connectivity index (χ1v) is 13.1. The summed E-state index contributed by atoms with van der Waals surface area (Å²) in [6, 6.07) is 36.9. The summed E-state index contributed by atoms with van der Waals surface area (Å²) in [6.45, 7) is 0. The van der Waals surface area contributed by atoms with Crippen LogP contribution in [0.4, 0.5) is 0 Å². The van der Waals surface area contributed by atoms with E-state index in [9.17, 15) is 0 Å². The SMILES string of the molecule is C1=CCC(n2c3ccccc3c3ccc4c5ccccc5n(-c5cccc6c5oc5ccccc56)c4c32)=C1. The summed E-state index contributed by atoms with van der Waals surface area (Å²) in [5, 5.41) is 7.31. The first kappa shape index (κ1) is 20.1. The van der Waals surface area contributed by atoms with Crippen LogP contribution in [-0.4, -0.2) is 9.13 Å². The van der Waals surface area contributed by atoms with Gasteiger partial charge in [0.1, 0.15) is 5.58 Å². The Labute approximate surface area is 218 Å².